The van der Waals surface area contributed by atoms with Gasteiger partial charge in [-0.25, -0.2) is 4.39 Å². The largest absolute Gasteiger partial charge is 0.489 e. The van der Waals surface area contributed by atoms with Crippen LogP contribution in [0.5, 0.6) is 5.75 Å². The topological polar surface area (TPSA) is 60.3 Å². The second-order valence-corrected chi connectivity index (χ2v) is 8.99. The molecule has 0 radical (unpaired) electrons. The fraction of sp³-hybridized carbons (Fsp3) is 0.0714. The van der Waals surface area contributed by atoms with E-state index in [0.717, 1.165) is 5.56 Å². The highest BCUT2D eigenvalue weighted by Crippen LogP contribution is 2.34. The van der Waals surface area contributed by atoms with E-state index in [4.69, 9.17) is 4.74 Å². The third-order valence-electron chi connectivity index (χ3n) is 5.56. The second kappa shape index (κ2) is 9.95. The van der Waals surface area contributed by atoms with Crippen LogP contribution in [0.2, 0.25) is 0 Å². The zero-order valence-corrected chi connectivity index (χ0v) is 19.4. The molecular formula is C28H21FN2O3S. The Kier molecular flexibility index (Phi) is 6.41. The lowest BCUT2D eigenvalue weighted by Crippen LogP contribution is -2.18. The van der Waals surface area contributed by atoms with E-state index < -0.39 is 0 Å². The zero-order valence-electron chi connectivity index (χ0n) is 18.6. The molecule has 1 N–H and O–H groups in total. The van der Waals surface area contributed by atoms with Gasteiger partial charge in [-0.15, -0.1) is 11.3 Å². The summed E-state index contributed by atoms with van der Waals surface area (Å²) in [6, 6.07) is 26.4. The molecule has 0 unspecified atom stereocenters. The number of aromatic nitrogens is 1. The van der Waals surface area contributed by atoms with Crippen LogP contribution in [0.15, 0.2) is 102 Å². The van der Waals surface area contributed by atoms with Crippen LogP contribution in [-0.2, 0) is 13.2 Å². The van der Waals surface area contributed by atoms with Crippen molar-refractivity contribution in [2.45, 2.75) is 13.2 Å². The number of thiophene rings is 1. The summed E-state index contributed by atoms with van der Waals surface area (Å²) in [5, 5.41) is 3.31. The maximum Gasteiger partial charge on any atom is 0.266 e. The lowest BCUT2D eigenvalue weighted by Gasteiger charge is -2.10. The molecular weight excluding hydrogens is 463 g/mol. The number of para-hydroxylation sites is 1. The minimum absolute atomic E-state index is 0.0679. The number of halogens is 1. The highest BCUT2D eigenvalue weighted by atomic mass is 32.1. The summed E-state index contributed by atoms with van der Waals surface area (Å²) in [6.45, 7) is 0.503. The Hall–Kier alpha value is -4.23. The lowest BCUT2D eigenvalue weighted by molar-refractivity contribution is 0.102. The number of carbonyl (C=O) groups excluding carboxylic acids is 1. The van der Waals surface area contributed by atoms with Crippen LogP contribution < -0.4 is 15.6 Å². The maximum absolute atomic E-state index is 14.7. The van der Waals surface area contributed by atoms with E-state index in [2.05, 4.69) is 5.32 Å². The molecule has 3 aromatic carbocycles. The summed E-state index contributed by atoms with van der Waals surface area (Å²) >= 11 is 1.24. The molecule has 5 rings (SSSR count). The average molecular weight is 485 g/mol. The molecule has 0 aliphatic heterocycles. The number of benzene rings is 3. The predicted molar refractivity (Wildman–Crippen MR) is 137 cm³/mol. The summed E-state index contributed by atoms with van der Waals surface area (Å²) < 4.78 is 22.9. The van der Waals surface area contributed by atoms with Gasteiger partial charge in [-0.2, -0.15) is 0 Å². The first-order valence-corrected chi connectivity index (χ1v) is 11.8. The third kappa shape index (κ3) is 5.00. The van der Waals surface area contributed by atoms with Crippen molar-refractivity contribution >= 4 is 33.0 Å². The smallest absolute Gasteiger partial charge is 0.266 e. The van der Waals surface area contributed by atoms with Crippen molar-refractivity contribution in [1.29, 1.82) is 0 Å². The van der Waals surface area contributed by atoms with Crippen LogP contribution in [-0.4, -0.2) is 10.5 Å². The Morgan fingerprint density at radius 2 is 1.69 bits per heavy atom. The van der Waals surface area contributed by atoms with E-state index in [1.165, 1.54) is 23.5 Å². The van der Waals surface area contributed by atoms with E-state index in [-0.39, 0.29) is 23.9 Å². The Bertz CT molecular complexity index is 1540. The van der Waals surface area contributed by atoms with Gasteiger partial charge in [-0.3, -0.25) is 9.59 Å². The number of anilines is 1. The number of nitrogens with zero attached hydrogens (tertiary/aromatic N) is 1. The van der Waals surface area contributed by atoms with Crippen LogP contribution in [0.25, 0.3) is 10.1 Å². The fourth-order valence-electron chi connectivity index (χ4n) is 3.83. The van der Waals surface area contributed by atoms with E-state index in [9.17, 15) is 14.0 Å². The molecule has 174 valence electrons. The van der Waals surface area contributed by atoms with Crippen LogP contribution in [0.4, 0.5) is 10.1 Å². The molecule has 2 heterocycles. The van der Waals surface area contributed by atoms with Crippen molar-refractivity contribution in [3.05, 3.63) is 129 Å². The first-order valence-electron chi connectivity index (χ1n) is 11.0. The zero-order chi connectivity index (χ0) is 24.2. The van der Waals surface area contributed by atoms with Gasteiger partial charge in [-0.1, -0.05) is 42.5 Å². The standard InChI is InChI=1S/C28H21FN2O3S/c29-23-9-6-10-24-26(23)22(18-34-21-7-2-1-3-8-21)27(35-24)28(33)30-20-14-12-19(13-15-20)17-31-16-5-4-11-25(31)32/h1-16H,17-18H2,(H,30,33). The van der Waals surface area contributed by atoms with Crippen LogP contribution in [0.1, 0.15) is 20.8 Å². The number of nitrogens with one attached hydrogen (secondary N) is 1. The molecule has 0 atom stereocenters. The average Bonchev–Trinajstić information content (AvgIpc) is 3.26. The number of hydrogen-bond acceptors (Lipinski definition) is 4. The molecule has 5 nitrogen and oxygen atoms in total. The Morgan fingerprint density at radius 3 is 2.46 bits per heavy atom. The third-order valence-corrected chi connectivity index (χ3v) is 6.76. The number of carbonyl (C=O) groups is 1. The molecule has 35 heavy (non-hydrogen) atoms. The van der Waals surface area contributed by atoms with Gasteiger partial charge >= 0.3 is 0 Å². The number of fused-ring (bicyclic) bond motifs is 1. The summed E-state index contributed by atoms with van der Waals surface area (Å²) in [4.78, 5) is 25.6. The summed E-state index contributed by atoms with van der Waals surface area (Å²) in [5.41, 5.74) is 1.97. The molecule has 5 aromatic rings. The van der Waals surface area contributed by atoms with Crippen molar-refractivity contribution in [2.24, 2.45) is 0 Å². The second-order valence-electron chi connectivity index (χ2n) is 7.94. The Balaban J connectivity index is 1.38. The van der Waals surface area contributed by atoms with Crippen LogP contribution in [0.3, 0.4) is 0 Å². The van der Waals surface area contributed by atoms with Gasteiger partial charge in [0.1, 0.15) is 23.1 Å². The van der Waals surface area contributed by atoms with Crippen molar-refractivity contribution in [2.75, 3.05) is 5.32 Å². The van der Waals surface area contributed by atoms with Gasteiger partial charge in [0.15, 0.2) is 0 Å². The summed E-state index contributed by atoms with van der Waals surface area (Å²) in [6.07, 6.45) is 1.73. The summed E-state index contributed by atoms with van der Waals surface area (Å²) in [7, 11) is 0. The first kappa shape index (κ1) is 22.6. The van der Waals surface area contributed by atoms with Crippen LogP contribution in [0, 0.1) is 5.82 Å². The number of hydrogen-bond donors (Lipinski definition) is 1. The molecule has 0 saturated heterocycles. The predicted octanol–water partition coefficient (Wildman–Crippen LogP) is 6.08. The van der Waals surface area contributed by atoms with E-state index in [0.29, 0.717) is 38.5 Å². The van der Waals surface area contributed by atoms with Crippen LogP contribution >= 0.6 is 11.3 Å². The van der Waals surface area contributed by atoms with Gasteiger partial charge in [0, 0.05) is 33.6 Å². The van der Waals surface area contributed by atoms with E-state index >= 15 is 0 Å². The quantitative estimate of drug-likeness (QED) is 0.305. The molecule has 7 heteroatoms. The van der Waals surface area contributed by atoms with Crippen molar-refractivity contribution < 1.29 is 13.9 Å². The van der Waals surface area contributed by atoms with Gasteiger partial charge in [-0.05, 0) is 48.0 Å². The van der Waals surface area contributed by atoms with Gasteiger partial charge in [0.25, 0.3) is 11.5 Å². The molecule has 0 aliphatic carbocycles. The normalized spacial score (nSPS) is 10.9. The van der Waals surface area contributed by atoms with Crippen molar-refractivity contribution in [3.63, 3.8) is 0 Å². The number of pyridine rings is 1. The molecule has 0 saturated carbocycles. The molecule has 0 fully saturated rings. The van der Waals surface area contributed by atoms with E-state index in [1.54, 1.807) is 41.1 Å². The highest BCUT2D eigenvalue weighted by Gasteiger charge is 2.21. The van der Waals surface area contributed by atoms with E-state index in [1.807, 2.05) is 48.5 Å². The molecule has 0 spiro atoms. The summed E-state index contributed by atoms with van der Waals surface area (Å²) in [5.74, 6) is -0.0723. The fourth-order valence-corrected chi connectivity index (χ4v) is 4.95. The number of amides is 1. The number of rotatable bonds is 7. The van der Waals surface area contributed by atoms with Crippen molar-refractivity contribution in [1.82, 2.24) is 4.57 Å². The highest BCUT2D eigenvalue weighted by molar-refractivity contribution is 7.21. The lowest BCUT2D eigenvalue weighted by atomic mass is 10.1. The molecule has 0 aliphatic rings. The monoisotopic (exact) mass is 484 g/mol. The Morgan fingerprint density at radius 1 is 0.914 bits per heavy atom. The number of ether oxygens (including phenoxy) is 1. The first-order chi connectivity index (χ1) is 17.1. The Labute approximate surface area is 205 Å². The molecule has 0 bridgehead atoms. The SMILES string of the molecule is O=C(Nc1ccc(Cn2ccccc2=O)cc1)c1sc2cccc(F)c2c1COc1ccccc1. The van der Waals surface area contributed by atoms with Crippen molar-refractivity contribution in [3.8, 4) is 5.75 Å². The molecule has 1 amide bonds. The van der Waals surface area contributed by atoms with Gasteiger partial charge < -0.3 is 14.6 Å². The minimum Gasteiger partial charge on any atom is -0.489 e. The van der Waals surface area contributed by atoms with Gasteiger partial charge in [0.05, 0.1) is 6.54 Å². The molecule has 2 aromatic heterocycles. The minimum atomic E-state index is -0.384. The van der Waals surface area contributed by atoms with Gasteiger partial charge in [0.2, 0.25) is 0 Å². The maximum atomic E-state index is 14.7.